The minimum atomic E-state index is -1.13. The summed E-state index contributed by atoms with van der Waals surface area (Å²) >= 11 is 0. The number of methoxy groups -OCH3 is 1. The molecule has 0 fully saturated rings. The van der Waals surface area contributed by atoms with Crippen LogP contribution in [0.1, 0.15) is 47.2 Å². The molecule has 0 saturated heterocycles. The van der Waals surface area contributed by atoms with E-state index in [2.05, 4.69) is 6.58 Å². The molecule has 0 bridgehead atoms. The molecule has 0 aliphatic carbocycles. The SMILES string of the molecule is C=Cc1cc(C(=O)c2c(C(C)OC(C)=O)oc3c(O)c(O)c(O)c(O)c23)cc(N)c1OC. The summed E-state index contributed by atoms with van der Waals surface area (Å²) in [6.45, 7) is 6.21. The first-order valence-corrected chi connectivity index (χ1v) is 9.27. The van der Waals surface area contributed by atoms with Crippen LogP contribution in [0, 0.1) is 0 Å². The molecule has 0 saturated carbocycles. The summed E-state index contributed by atoms with van der Waals surface area (Å²) in [4.78, 5) is 25.0. The molecule has 3 aromatic rings. The van der Waals surface area contributed by atoms with E-state index in [4.69, 9.17) is 19.6 Å². The third kappa shape index (κ3) is 3.41. The topological polar surface area (TPSA) is 173 Å². The normalized spacial score (nSPS) is 11.8. The van der Waals surface area contributed by atoms with Gasteiger partial charge in [-0.15, -0.1) is 0 Å². The fourth-order valence-electron chi connectivity index (χ4n) is 3.44. The van der Waals surface area contributed by atoms with Gasteiger partial charge in [0.05, 0.1) is 23.7 Å². The average molecular weight is 443 g/mol. The van der Waals surface area contributed by atoms with Gasteiger partial charge >= 0.3 is 5.97 Å². The number of nitrogen functional groups attached to an aromatic ring is 1. The van der Waals surface area contributed by atoms with Crippen LogP contribution in [0.5, 0.6) is 28.7 Å². The summed E-state index contributed by atoms with van der Waals surface area (Å²) in [5.74, 6) is -5.28. The van der Waals surface area contributed by atoms with Crippen LogP contribution in [-0.2, 0) is 9.53 Å². The number of nitrogens with two attached hydrogens (primary N) is 1. The summed E-state index contributed by atoms with van der Waals surface area (Å²) in [7, 11) is 1.40. The van der Waals surface area contributed by atoms with Gasteiger partial charge in [-0.05, 0) is 19.1 Å². The van der Waals surface area contributed by atoms with Crippen LogP contribution >= 0.6 is 0 Å². The van der Waals surface area contributed by atoms with E-state index in [1.165, 1.54) is 32.2 Å². The highest BCUT2D eigenvalue weighted by atomic mass is 16.6. The monoisotopic (exact) mass is 443 g/mol. The molecule has 0 spiro atoms. The number of esters is 1. The van der Waals surface area contributed by atoms with E-state index in [0.717, 1.165) is 6.92 Å². The molecule has 0 amide bonds. The maximum absolute atomic E-state index is 13.5. The molecule has 32 heavy (non-hydrogen) atoms. The predicted octanol–water partition coefficient (Wildman–Crippen LogP) is 3.34. The van der Waals surface area contributed by atoms with Gasteiger partial charge in [-0.2, -0.15) is 0 Å². The molecule has 1 aromatic heterocycles. The van der Waals surface area contributed by atoms with Crippen LogP contribution < -0.4 is 10.5 Å². The van der Waals surface area contributed by atoms with Gasteiger partial charge in [0.2, 0.25) is 17.2 Å². The highest BCUT2D eigenvalue weighted by Crippen LogP contribution is 2.52. The van der Waals surface area contributed by atoms with Crippen molar-refractivity contribution in [1.82, 2.24) is 0 Å². The number of phenols is 4. The highest BCUT2D eigenvalue weighted by molar-refractivity contribution is 6.20. The molecule has 0 radical (unpaired) electrons. The summed E-state index contributed by atoms with van der Waals surface area (Å²) in [6.07, 6.45) is 0.297. The number of ketones is 1. The van der Waals surface area contributed by atoms with Gasteiger partial charge in [0.1, 0.15) is 5.75 Å². The quantitative estimate of drug-likeness (QED) is 0.125. The summed E-state index contributed by atoms with van der Waals surface area (Å²) < 4.78 is 15.8. The van der Waals surface area contributed by atoms with Crippen LogP contribution in [-0.4, -0.2) is 39.3 Å². The molecule has 6 N–H and O–H groups in total. The van der Waals surface area contributed by atoms with Gasteiger partial charge in [-0.1, -0.05) is 12.7 Å². The van der Waals surface area contributed by atoms with Gasteiger partial charge < -0.3 is 40.1 Å². The molecule has 168 valence electrons. The van der Waals surface area contributed by atoms with E-state index in [9.17, 15) is 30.0 Å². The van der Waals surface area contributed by atoms with Crippen molar-refractivity contribution in [3.05, 3.63) is 41.2 Å². The fourth-order valence-corrected chi connectivity index (χ4v) is 3.44. The van der Waals surface area contributed by atoms with E-state index >= 15 is 0 Å². The third-order valence-electron chi connectivity index (χ3n) is 4.83. The molecule has 0 aliphatic rings. The molecule has 1 atom stereocenters. The van der Waals surface area contributed by atoms with Gasteiger partial charge in [-0.3, -0.25) is 9.59 Å². The number of benzene rings is 2. The van der Waals surface area contributed by atoms with Crippen molar-refractivity contribution in [1.29, 1.82) is 0 Å². The zero-order valence-electron chi connectivity index (χ0n) is 17.4. The van der Waals surface area contributed by atoms with E-state index in [-0.39, 0.29) is 28.0 Å². The number of aromatic hydroxyl groups is 4. The number of fused-ring (bicyclic) bond motifs is 1. The number of anilines is 1. The molecule has 10 nitrogen and oxygen atoms in total. The number of carbonyl (C=O) groups is 2. The van der Waals surface area contributed by atoms with Crippen LogP contribution in [0.15, 0.2) is 23.1 Å². The Kier molecular flexibility index (Phi) is 5.63. The molecule has 10 heteroatoms. The zero-order valence-corrected chi connectivity index (χ0v) is 17.4. The van der Waals surface area contributed by atoms with Crippen molar-refractivity contribution in [2.75, 3.05) is 12.8 Å². The molecular weight excluding hydrogens is 422 g/mol. The third-order valence-corrected chi connectivity index (χ3v) is 4.83. The van der Waals surface area contributed by atoms with Crippen LogP contribution in [0.25, 0.3) is 17.0 Å². The zero-order chi connectivity index (χ0) is 23.9. The van der Waals surface area contributed by atoms with Crippen molar-refractivity contribution in [2.24, 2.45) is 0 Å². The smallest absolute Gasteiger partial charge is 0.303 e. The Balaban J connectivity index is 2.38. The van der Waals surface area contributed by atoms with Crippen molar-refractivity contribution in [3.8, 4) is 28.7 Å². The number of furan rings is 1. The lowest BCUT2D eigenvalue weighted by Gasteiger charge is -2.13. The average Bonchev–Trinajstić information content (AvgIpc) is 3.15. The summed E-state index contributed by atoms with van der Waals surface area (Å²) in [5, 5.41) is 40.2. The van der Waals surface area contributed by atoms with Gasteiger partial charge in [-0.25, -0.2) is 0 Å². The lowest BCUT2D eigenvalue weighted by molar-refractivity contribution is -0.146. The second-order valence-corrected chi connectivity index (χ2v) is 6.91. The highest BCUT2D eigenvalue weighted by Gasteiger charge is 2.33. The van der Waals surface area contributed by atoms with Gasteiger partial charge in [0.15, 0.2) is 29.0 Å². The first kappa shape index (κ1) is 22.3. The molecule has 1 unspecified atom stereocenters. The van der Waals surface area contributed by atoms with E-state index in [0.29, 0.717) is 11.3 Å². The number of phenolic OH excluding ortho intramolecular Hbond substituents is 4. The van der Waals surface area contributed by atoms with E-state index < -0.39 is 46.4 Å². The Morgan fingerprint density at radius 2 is 1.75 bits per heavy atom. The summed E-state index contributed by atoms with van der Waals surface area (Å²) in [6, 6.07) is 2.76. The van der Waals surface area contributed by atoms with Gasteiger partial charge in [0, 0.05) is 18.1 Å². The molecule has 0 aliphatic heterocycles. The Morgan fingerprint density at radius 3 is 2.31 bits per heavy atom. The Labute approximate surface area is 181 Å². The maximum Gasteiger partial charge on any atom is 0.303 e. The van der Waals surface area contributed by atoms with Crippen molar-refractivity contribution in [3.63, 3.8) is 0 Å². The number of rotatable bonds is 6. The Morgan fingerprint density at radius 1 is 1.12 bits per heavy atom. The van der Waals surface area contributed by atoms with Crippen LogP contribution in [0.4, 0.5) is 5.69 Å². The van der Waals surface area contributed by atoms with E-state index in [1.54, 1.807) is 0 Å². The van der Waals surface area contributed by atoms with Crippen LogP contribution in [0.2, 0.25) is 0 Å². The molecule has 1 heterocycles. The van der Waals surface area contributed by atoms with Crippen molar-refractivity contribution >= 4 is 34.5 Å². The van der Waals surface area contributed by atoms with Crippen molar-refractivity contribution < 1.29 is 43.9 Å². The van der Waals surface area contributed by atoms with Crippen LogP contribution in [0.3, 0.4) is 0 Å². The largest absolute Gasteiger partial charge is 0.504 e. The molecule has 3 rings (SSSR count). The molecule has 2 aromatic carbocycles. The second kappa shape index (κ2) is 8.06. The predicted molar refractivity (Wildman–Crippen MR) is 114 cm³/mol. The molecular formula is C22H21NO9. The van der Waals surface area contributed by atoms with Crippen molar-refractivity contribution in [2.45, 2.75) is 20.0 Å². The summed E-state index contributed by atoms with van der Waals surface area (Å²) in [5.41, 5.74) is 5.77. The first-order valence-electron chi connectivity index (χ1n) is 9.27. The number of ether oxygens (including phenoxy) is 2. The lowest BCUT2D eigenvalue weighted by atomic mass is 9.95. The van der Waals surface area contributed by atoms with E-state index in [1.807, 2.05) is 0 Å². The Bertz CT molecular complexity index is 1270. The second-order valence-electron chi connectivity index (χ2n) is 6.91. The number of carbonyl (C=O) groups excluding carboxylic acids is 2. The maximum atomic E-state index is 13.5. The standard InChI is InChI=1S/C22H21NO9/c1-5-10-6-11(7-12(23)21(10)30-4)15(25)13-14-16(26)17(27)18(28)19(29)22(14)32-20(13)8(2)31-9(3)24/h5-8,26-29H,1,23H2,2-4H3. The number of hydrogen-bond acceptors (Lipinski definition) is 10. The lowest BCUT2D eigenvalue weighted by Crippen LogP contribution is -2.11. The fraction of sp³-hybridized carbons (Fsp3) is 0.182. The van der Waals surface area contributed by atoms with Gasteiger partial charge in [0.25, 0.3) is 0 Å². The minimum Gasteiger partial charge on any atom is -0.504 e. The number of hydrogen-bond donors (Lipinski definition) is 5. The Hall–Kier alpha value is -4.34. The first-order chi connectivity index (χ1) is 15.0. The minimum absolute atomic E-state index is 0.0311.